The summed E-state index contributed by atoms with van der Waals surface area (Å²) in [6, 6.07) is 22.3. The van der Waals surface area contributed by atoms with Gasteiger partial charge in [-0.15, -0.1) is 0 Å². The summed E-state index contributed by atoms with van der Waals surface area (Å²) in [6.07, 6.45) is 2.51. The summed E-state index contributed by atoms with van der Waals surface area (Å²) >= 11 is 0. The molecule has 0 spiro atoms. The molecule has 118 valence electrons. The number of rotatable bonds is 4. The van der Waals surface area contributed by atoms with E-state index in [0.717, 1.165) is 33.7 Å². The Morgan fingerprint density at radius 1 is 0.917 bits per heavy atom. The zero-order valence-corrected chi connectivity index (χ0v) is 13.2. The highest BCUT2D eigenvalue weighted by molar-refractivity contribution is 5.78. The molecule has 0 fully saturated rings. The van der Waals surface area contributed by atoms with E-state index in [1.165, 1.54) is 0 Å². The highest BCUT2D eigenvalue weighted by Crippen LogP contribution is 2.22. The Kier molecular flexibility index (Phi) is 3.81. The molecular formula is C20H18N4. The first-order valence-electron chi connectivity index (χ1n) is 8.00. The van der Waals surface area contributed by atoms with Crippen LogP contribution in [-0.2, 0) is 6.42 Å². The van der Waals surface area contributed by atoms with Gasteiger partial charge in [0.15, 0.2) is 5.65 Å². The van der Waals surface area contributed by atoms with Crippen LogP contribution in [-0.4, -0.2) is 15.0 Å². The van der Waals surface area contributed by atoms with Gasteiger partial charge >= 0.3 is 0 Å². The minimum atomic E-state index is -0.0830. The molecule has 0 aliphatic rings. The van der Waals surface area contributed by atoms with E-state index in [2.05, 4.69) is 33.2 Å². The number of fused-ring (bicyclic) bond motifs is 1. The van der Waals surface area contributed by atoms with Crippen LogP contribution in [0.4, 0.5) is 0 Å². The summed E-state index contributed by atoms with van der Waals surface area (Å²) in [5.74, 6) is 0.860. The first-order valence-corrected chi connectivity index (χ1v) is 8.00. The number of aromatic nitrogens is 3. The summed E-state index contributed by atoms with van der Waals surface area (Å²) in [6.45, 7) is 0. The van der Waals surface area contributed by atoms with Crippen molar-refractivity contribution in [1.29, 1.82) is 0 Å². The molecule has 1 unspecified atom stereocenters. The van der Waals surface area contributed by atoms with E-state index in [9.17, 15) is 0 Å². The number of H-pyrrole nitrogens is 1. The maximum absolute atomic E-state index is 6.29. The summed E-state index contributed by atoms with van der Waals surface area (Å²) in [4.78, 5) is 12.4. The molecule has 0 aliphatic carbocycles. The van der Waals surface area contributed by atoms with Crippen molar-refractivity contribution in [2.75, 3.05) is 0 Å². The van der Waals surface area contributed by atoms with Crippen molar-refractivity contribution in [2.24, 2.45) is 5.73 Å². The third kappa shape index (κ3) is 2.92. The zero-order valence-electron chi connectivity index (χ0n) is 13.2. The van der Waals surface area contributed by atoms with Gasteiger partial charge in [-0.1, -0.05) is 60.7 Å². The number of benzene rings is 2. The van der Waals surface area contributed by atoms with Gasteiger partial charge in [0.2, 0.25) is 0 Å². The van der Waals surface area contributed by atoms with Crippen LogP contribution in [0.3, 0.4) is 0 Å². The lowest BCUT2D eigenvalue weighted by atomic mass is 10.0. The van der Waals surface area contributed by atoms with Gasteiger partial charge < -0.3 is 10.7 Å². The summed E-state index contributed by atoms with van der Waals surface area (Å²) in [5, 5.41) is 0. The van der Waals surface area contributed by atoms with E-state index in [0.29, 0.717) is 6.42 Å². The van der Waals surface area contributed by atoms with E-state index >= 15 is 0 Å². The van der Waals surface area contributed by atoms with Crippen LogP contribution in [0.15, 0.2) is 72.9 Å². The largest absolute Gasteiger partial charge is 0.341 e. The average molecular weight is 314 g/mol. The quantitative estimate of drug-likeness (QED) is 0.601. The lowest BCUT2D eigenvalue weighted by molar-refractivity contribution is 0.696. The Morgan fingerprint density at radius 3 is 2.38 bits per heavy atom. The number of nitrogens with two attached hydrogens (primary N) is 1. The number of hydrogen-bond acceptors (Lipinski definition) is 3. The van der Waals surface area contributed by atoms with Crippen LogP contribution in [0, 0.1) is 0 Å². The van der Waals surface area contributed by atoms with Gasteiger partial charge in [-0.3, -0.25) is 0 Å². The molecular weight excluding hydrogens is 296 g/mol. The first-order chi connectivity index (χ1) is 11.8. The monoisotopic (exact) mass is 314 g/mol. The molecule has 0 aliphatic heterocycles. The Bertz CT molecular complexity index is 945. The second-order valence-corrected chi connectivity index (χ2v) is 5.87. The summed E-state index contributed by atoms with van der Waals surface area (Å²) in [7, 11) is 0. The highest BCUT2D eigenvalue weighted by Gasteiger charge is 2.11. The third-order valence-electron chi connectivity index (χ3n) is 4.13. The topological polar surface area (TPSA) is 67.6 Å². The number of nitrogens with zero attached hydrogens (tertiary/aromatic N) is 2. The SMILES string of the molecule is NC(Cc1nc2ncc(-c3ccccc3)cc2[nH]1)c1ccccc1. The zero-order chi connectivity index (χ0) is 16.4. The van der Waals surface area contributed by atoms with Gasteiger partial charge in [-0.25, -0.2) is 9.97 Å². The van der Waals surface area contributed by atoms with Crippen molar-refractivity contribution in [2.45, 2.75) is 12.5 Å². The number of aromatic amines is 1. The van der Waals surface area contributed by atoms with Crippen molar-refractivity contribution >= 4 is 11.2 Å². The normalized spacial score (nSPS) is 12.4. The predicted octanol–water partition coefficient (Wildman–Crippen LogP) is 3.87. The Balaban J connectivity index is 1.62. The van der Waals surface area contributed by atoms with Crippen LogP contribution < -0.4 is 5.73 Å². The lowest BCUT2D eigenvalue weighted by Crippen LogP contribution is -2.13. The van der Waals surface area contributed by atoms with Gasteiger partial charge in [0, 0.05) is 24.2 Å². The van der Waals surface area contributed by atoms with Gasteiger partial charge in [0.05, 0.1) is 5.52 Å². The van der Waals surface area contributed by atoms with Crippen molar-refractivity contribution in [3.8, 4) is 11.1 Å². The standard InChI is InChI=1S/C20H18N4/c21-17(15-9-5-2-6-10-15)12-19-23-18-11-16(13-22-20(18)24-19)14-7-3-1-4-8-14/h1-11,13,17H,12,21H2,(H,22,23,24). The molecule has 0 saturated carbocycles. The molecule has 2 heterocycles. The molecule has 4 nitrogen and oxygen atoms in total. The van der Waals surface area contributed by atoms with E-state index in [4.69, 9.17) is 5.73 Å². The van der Waals surface area contributed by atoms with Crippen molar-refractivity contribution in [3.05, 3.63) is 84.3 Å². The number of nitrogens with one attached hydrogen (secondary N) is 1. The Hall–Kier alpha value is -2.98. The molecule has 0 saturated heterocycles. The van der Waals surface area contributed by atoms with Crippen molar-refractivity contribution in [3.63, 3.8) is 0 Å². The predicted molar refractivity (Wildman–Crippen MR) is 96.4 cm³/mol. The molecule has 0 amide bonds. The van der Waals surface area contributed by atoms with Gasteiger partial charge in [-0.05, 0) is 17.2 Å². The molecule has 2 aromatic heterocycles. The van der Waals surface area contributed by atoms with Crippen LogP contribution in [0.5, 0.6) is 0 Å². The second-order valence-electron chi connectivity index (χ2n) is 5.87. The van der Waals surface area contributed by atoms with E-state index in [1.807, 2.05) is 54.7 Å². The minimum Gasteiger partial charge on any atom is -0.341 e. The third-order valence-corrected chi connectivity index (χ3v) is 4.13. The lowest BCUT2D eigenvalue weighted by Gasteiger charge is -2.09. The molecule has 0 radical (unpaired) electrons. The smallest absolute Gasteiger partial charge is 0.177 e. The maximum Gasteiger partial charge on any atom is 0.177 e. The van der Waals surface area contributed by atoms with Crippen LogP contribution >= 0.6 is 0 Å². The van der Waals surface area contributed by atoms with Crippen LogP contribution in [0.1, 0.15) is 17.4 Å². The highest BCUT2D eigenvalue weighted by atomic mass is 15.0. The van der Waals surface area contributed by atoms with E-state index in [-0.39, 0.29) is 6.04 Å². The molecule has 1 atom stereocenters. The summed E-state index contributed by atoms with van der Waals surface area (Å²) in [5.41, 5.74) is 11.3. The molecule has 4 aromatic rings. The maximum atomic E-state index is 6.29. The molecule has 0 bridgehead atoms. The van der Waals surface area contributed by atoms with Gasteiger partial charge in [0.25, 0.3) is 0 Å². The molecule has 2 aromatic carbocycles. The van der Waals surface area contributed by atoms with Crippen LogP contribution in [0.2, 0.25) is 0 Å². The van der Waals surface area contributed by atoms with E-state index < -0.39 is 0 Å². The minimum absolute atomic E-state index is 0.0830. The average Bonchev–Trinajstić information content (AvgIpc) is 3.04. The number of pyridine rings is 1. The fraction of sp³-hybridized carbons (Fsp3) is 0.100. The molecule has 4 heteroatoms. The molecule has 4 rings (SSSR count). The Labute approximate surface area is 140 Å². The molecule has 3 N–H and O–H groups in total. The summed E-state index contributed by atoms with van der Waals surface area (Å²) < 4.78 is 0. The number of hydrogen-bond donors (Lipinski definition) is 2. The van der Waals surface area contributed by atoms with Crippen LogP contribution in [0.25, 0.3) is 22.3 Å². The first kappa shape index (κ1) is 14.6. The Morgan fingerprint density at radius 2 is 1.62 bits per heavy atom. The van der Waals surface area contributed by atoms with Gasteiger partial charge in [0.1, 0.15) is 5.82 Å². The van der Waals surface area contributed by atoms with Crippen molar-refractivity contribution in [1.82, 2.24) is 15.0 Å². The fourth-order valence-electron chi connectivity index (χ4n) is 2.86. The van der Waals surface area contributed by atoms with E-state index in [1.54, 1.807) is 0 Å². The van der Waals surface area contributed by atoms with Gasteiger partial charge in [-0.2, -0.15) is 0 Å². The second kappa shape index (κ2) is 6.26. The molecule has 24 heavy (non-hydrogen) atoms. The van der Waals surface area contributed by atoms with Crippen molar-refractivity contribution < 1.29 is 0 Å². The fourth-order valence-corrected chi connectivity index (χ4v) is 2.86. The number of imidazole rings is 1.